The van der Waals surface area contributed by atoms with Crippen molar-refractivity contribution in [3.8, 4) is 0 Å². The van der Waals surface area contributed by atoms with Crippen LogP contribution in [-0.2, 0) is 17.8 Å². The quantitative estimate of drug-likeness (QED) is 0.826. The molecule has 0 fully saturated rings. The van der Waals surface area contributed by atoms with Gasteiger partial charge in [0.2, 0.25) is 0 Å². The number of nitrogens with one attached hydrogen (secondary N) is 1. The zero-order valence-electron chi connectivity index (χ0n) is 12.3. The van der Waals surface area contributed by atoms with Crippen molar-refractivity contribution in [1.29, 1.82) is 0 Å². The van der Waals surface area contributed by atoms with Crippen LogP contribution >= 0.6 is 0 Å². The second kappa shape index (κ2) is 7.38. The molecule has 0 saturated carbocycles. The molecule has 0 radical (unpaired) electrons. The van der Waals surface area contributed by atoms with Crippen LogP contribution in [0.1, 0.15) is 31.8 Å². The number of methoxy groups -OCH3 is 1. The van der Waals surface area contributed by atoms with Crippen molar-refractivity contribution < 1.29 is 14.3 Å². The lowest BCUT2D eigenvalue weighted by Gasteiger charge is -2.07. The predicted molar refractivity (Wildman–Crippen MR) is 83.3 cm³/mol. The van der Waals surface area contributed by atoms with Gasteiger partial charge >= 0.3 is 5.97 Å². The first-order chi connectivity index (χ1) is 10.6. The van der Waals surface area contributed by atoms with Gasteiger partial charge in [-0.2, -0.15) is 0 Å². The van der Waals surface area contributed by atoms with Gasteiger partial charge in [0, 0.05) is 18.7 Å². The maximum absolute atomic E-state index is 12.0. The second-order valence-electron chi connectivity index (χ2n) is 4.77. The van der Waals surface area contributed by atoms with Crippen LogP contribution in [0.2, 0.25) is 0 Å². The van der Waals surface area contributed by atoms with Crippen molar-refractivity contribution >= 4 is 11.9 Å². The third-order valence-electron chi connectivity index (χ3n) is 3.28. The molecule has 0 unspecified atom stereocenters. The Labute approximate surface area is 129 Å². The summed E-state index contributed by atoms with van der Waals surface area (Å²) in [5.74, 6) is -0.531. The zero-order chi connectivity index (χ0) is 15.9. The lowest BCUT2D eigenvalue weighted by molar-refractivity contribution is 0.0600. The number of benzene rings is 2. The molecule has 0 saturated heterocycles. The Bertz CT molecular complexity index is 649. The van der Waals surface area contributed by atoms with Crippen molar-refractivity contribution in [2.75, 3.05) is 7.11 Å². The molecule has 3 N–H and O–H groups in total. The molecule has 22 heavy (non-hydrogen) atoms. The average Bonchev–Trinajstić information content (AvgIpc) is 2.59. The molecule has 0 aliphatic carbocycles. The molecule has 0 aromatic heterocycles. The lowest BCUT2D eigenvalue weighted by Crippen LogP contribution is -2.22. The minimum absolute atomic E-state index is 0.152. The second-order valence-corrected chi connectivity index (χ2v) is 4.77. The first-order valence-electron chi connectivity index (χ1n) is 6.88. The van der Waals surface area contributed by atoms with E-state index in [1.807, 2.05) is 12.1 Å². The monoisotopic (exact) mass is 298 g/mol. The molecule has 2 aromatic carbocycles. The van der Waals surface area contributed by atoms with E-state index in [9.17, 15) is 9.59 Å². The highest BCUT2D eigenvalue weighted by Crippen LogP contribution is 2.07. The van der Waals surface area contributed by atoms with Crippen LogP contribution in [0, 0.1) is 0 Å². The van der Waals surface area contributed by atoms with Gasteiger partial charge in [-0.1, -0.05) is 24.3 Å². The summed E-state index contributed by atoms with van der Waals surface area (Å²) >= 11 is 0. The van der Waals surface area contributed by atoms with Crippen molar-refractivity contribution in [1.82, 2.24) is 5.32 Å². The molecule has 1 amide bonds. The van der Waals surface area contributed by atoms with Crippen LogP contribution in [0.15, 0.2) is 48.5 Å². The number of nitrogens with two attached hydrogens (primary N) is 1. The summed E-state index contributed by atoms with van der Waals surface area (Å²) in [5.41, 5.74) is 8.47. The molecule has 0 aliphatic heterocycles. The van der Waals surface area contributed by atoms with E-state index in [-0.39, 0.29) is 11.9 Å². The number of hydrogen-bond donors (Lipinski definition) is 2. The average molecular weight is 298 g/mol. The topological polar surface area (TPSA) is 81.4 Å². The van der Waals surface area contributed by atoms with E-state index in [1.54, 1.807) is 36.4 Å². The minimum Gasteiger partial charge on any atom is -0.465 e. The lowest BCUT2D eigenvalue weighted by atomic mass is 10.1. The van der Waals surface area contributed by atoms with Gasteiger partial charge in [-0.25, -0.2) is 4.79 Å². The summed E-state index contributed by atoms with van der Waals surface area (Å²) < 4.78 is 4.63. The standard InChI is InChI=1S/C17H18N2O3/c1-22-17(21)15-8-4-13(5-9-15)11-19-16(20)14-6-2-12(10-18)3-7-14/h2-9H,10-11,18H2,1H3,(H,19,20). The molecule has 0 heterocycles. The van der Waals surface area contributed by atoms with Gasteiger partial charge in [-0.3, -0.25) is 4.79 Å². The van der Waals surface area contributed by atoms with Gasteiger partial charge in [-0.05, 0) is 35.4 Å². The van der Waals surface area contributed by atoms with Gasteiger partial charge in [-0.15, -0.1) is 0 Å². The van der Waals surface area contributed by atoms with Gasteiger partial charge in [0.15, 0.2) is 0 Å². The van der Waals surface area contributed by atoms with Crippen molar-refractivity contribution in [3.63, 3.8) is 0 Å². The van der Waals surface area contributed by atoms with Crippen molar-refractivity contribution in [3.05, 3.63) is 70.8 Å². The number of rotatable bonds is 5. The third kappa shape index (κ3) is 3.93. The van der Waals surface area contributed by atoms with Crippen LogP contribution in [0.4, 0.5) is 0 Å². The molecule has 114 valence electrons. The number of carbonyl (C=O) groups excluding carboxylic acids is 2. The summed E-state index contributed by atoms with van der Waals surface area (Å²) in [7, 11) is 1.34. The minimum atomic E-state index is -0.379. The van der Waals surface area contributed by atoms with Gasteiger partial charge < -0.3 is 15.8 Å². The van der Waals surface area contributed by atoms with Crippen LogP contribution in [0.25, 0.3) is 0 Å². The summed E-state index contributed by atoms with van der Waals surface area (Å²) in [6.07, 6.45) is 0. The van der Waals surface area contributed by atoms with Crippen LogP contribution in [0.3, 0.4) is 0 Å². The van der Waals surface area contributed by atoms with Gasteiger partial charge in [0.25, 0.3) is 5.91 Å². The molecule has 0 spiro atoms. The first-order valence-corrected chi connectivity index (χ1v) is 6.88. The smallest absolute Gasteiger partial charge is 0.337 e. The van der Waals surface area contributed by atoms with E-state index < -0.39 is 0 Å². The number of ether oxygens (including phenoxy) is 1. The van der Waals surface area contributed by atoms with E-state index in [4.69, 9.17) is 5.73 Å². The molecule has 0 atom stereocenters. The largest absolute Gasteiger partial charge is 0.465 e. The number of amides is 1. The Hall–Kier alpha value is -2.66. The summed E-state index contributed by atoms with van der Waals surface area (Å²) in [4.78, 5) is 23.3. The highest BCUT2D eigenvalue weighted by atomic mass is 16.5. The van der Waals surface area contributed by atoms with Gasteiger partial charge in [0.05, 0.1) is 12.7 Å². The fourth-order valence-corrected chi connectivity index (χ4v) is 1.95. The molecule has 2 aromatic rings. The molecule has 5 nitrogen and oxygen atoms in total. The van der Waals surface area contributed by atoms with Gasteiger partial charge in [0.1, 0.15) is 0 Å². The molecular formula is C17H18N2O3. The fourth-order valence-electron chi connectivity index (χ4n) is 1.95. The maximum atomic E-state index is 12.0. The summed E-state index contributed by atoms with van der Waals surface area (Å²) in [6, 6.07) is 14.1. The van der Waals surface area contributed by atoms with E-state index in [1.165, 1.54) is 7.11 Å². The fraction of sp³-hybridized carbons (Fsp3) is 0.176. The molecule has 5 heteroatoms. The van der Waals surface area contributed by atoms with Crippen molar-refractivity contribution in [2.45, 2.75) is 13.1 Å². The number of esters is 1. The summed E-state index contributed by atoms with van der Waals surface area (Å²) in [6.45, 7) is 0.841. The highest BCUT2D eigenvalue weighted by Gasteiger charge is 2.07. The Morgan fingerprint density at radius 2 is 1.50 bits per heavy atom. The zero-order valence-corrected chi connectivity index (χ0v) is 12.3. The van der Waals surface area contributed by atoms with E-state index in [0.29, 0.717) is 24.2 Å². The maximum Gasteiger partial charge on any atom is 0.337 e. The van der Waals surface area contributed by atoms with Crippen molar-refractivity contribution in [2.24, 2.45) is 5.73 Å². The highest BCUT2D eigenvalue weighted by molar-refractivity contribution is 5.94. The summed E-state index contributed by atoms with van der Waals surface area (Å²) in [5, 5.41) is 2.83. The normalized spacial score (nSPS) is 10.1. The Morgan fingerprint density at radius 3 is 2.05 bits per heavy atom. The Kier molecular flexibility index (Phi) is 5.27. The number of carbonyl (C=O) groups is 2. The Morgan fingerprint density at radius 1 is 0.955 bits per heavy atom. The molecular weight excluding hydrogens is 280 g/mol. The predicted octanol–water partition coefficient (Wildman–Crippen LogP) is 1.86. The Balaban J connectivity index is 1.94. The van der Waals surface area contributed by atoms with Crippen LogP contribution in [-0.4, -0.2) is 19.0 Å². The molecule has 0 aliphatic rings. The van der Waals surface area contributed by atoms with Crippen LogP contribution < -0.4 is 11.1 Å². The van der Waals surface area contributed by atoms with E-state index in [0.717, 1.165) is 11.1 Å². The van der Waals surface area contributed by atoms with Crippen LogP contribution in [0.5, 0.6) is 0 Å². The third-order valence-corrected chi connectivity index (χ3v) is 3.28. The SMILES string of the molecule is COC(=O)c1ccc(CNC(=O)c2ccc(CN)cc2)cc1. The number of hydrogen-bond acceptors (Lipinski definition) is 4. The van der Waals surface area contributed by atoms with E-state index in [2.05, 4.69) is 10.1 Å². The molecule has 2 rings (SSSR count). The van der Waals surface area contributed by atoms with E-state index >= 15 is 0 Å². The molecule has 0 bridgehead atoms. The first kappa shape index (κ1) is 15.7.